The van der Waals surface area contributed by atoms with Crippen molar-refractivity contribution in [3.63, 3.8) is 0 Å². The van der Waals surface area contributed by atoms with Crippen molar-refractivity contribution in [2.75, 3.05) is 5.32 Å². The van der Waals surface area contributed by atoms with Gasteiger partial charge in [-0.2, -0.15) is 0 Å². The summed E-state index contributed by atoms with van der Waals surface area (Å²) in [4.78, 5) is 4.55. The predicted molar refractivity (Wildman–Crippen MR) is 103 cm³/mol. The molecule has 0 saturated carbocycles. The van der Waals surface area contributed by atoms with Crippen molar-refractivity contribution >= 4 is 23.0 Å². The highest BCUT2D eigenvalue weighted by molar-refractivity contribution is 5.81. The van der Waals surface area contributed by atoms with E-state index in [1.807, 2.05) is 30.5 Å². The van der Waals surface area contributed by atoms with Crippen molar-refractivity contribution < 1.29 is 0 Å². The Bertz CT molecular complexity index is 864. The minimum atomic E-state index is 0.995. The number of aromatic nitrogens is 1. The first kappa shape index (κ1) is 16.0. The van der Waals surface area contributed by atoms with Crippen LogP contribution in [0.15, 0.2) is 66.9 Å². The monoisotopic (exact) mass is 314 g/mol. The largest absolute Gasteiger partial charge is 0.355 e. The summed E-state index contributed by atoms with van der Waals surface area (Å²) >= 11 is 0. The average molecular weight is 314 g/mol. The highest BCUT2D eigenvalue weighted by atomic mass is 14.9. The molecule has 1 N–H and O–H groups in total. The second-order valence-corrected chi connectivity index (χ2v) is 6.06. The van der Waals surface area contributed by atoms with Crippen LogP contribution in [0.1, 0.15) is 29.3 Å². The summed E-state index contributed by atoms with van der Waals surface area (Å²) in [5.74, 6) is 0. The number of nitrogens with one attached hydrogen (secondary N) is 1. The molecular weight excluding hydrogens is 292 g/mol. The zero-order valence-corrected chi connectivity index (χ0v) is 14.4. The van der Waals surface area contributed by atoms with Crippen LogP contribution < -0.4 is 5.32 Å². The van der Waals surface area contributed by atoms with E-state index in [0.29, 0.717) is 0 Å². The third-order valence-corrected chi connectivity index (χ3v) is 4.12. The number of nitrogens with zero attached hydrogens (tertiary/aromatic N) is 1. The van der Waals surface area contributed by atoms with Crippen molar-refractivity contribution in [3.8, 4) is 0 Å². The third kappa shape index (κ3) is 3.72. The van der Waals surface area contributed by atoms with Crippen molar-refractivity contribution in [2.45, 2.75) is 20.8 Å². The predicted octanol–water partition coefficient (Wildman–Crippen LogP) is 6.00. The molecule has 24 heavy (non-hydrogen) atoms. The summed E-state index contributed by atoms with van der Waals surface area (Å²) in [6.07, 6.45) is 4.01. The quantitative estimate of drug-likeness (QED) is 0.638. The molecule has 0 bridgehead atoms. The van der Waals surface area contributed by atoms with Crippen LogP contribution in [-0.2, 0) is 0 Å². The Kier molecular flexibility index (Phi) is 4.76. The zero-order chi connectivity index (χ0) is 16.9. The molecule has 2 nitrogen and oxygen atoms in total. The Morgan fingerprint density at radius 3 is 2.50 bits per heavy atom. The Morgan fingerprint density at radius 1 is 0.958 bits per heavy atom. The second kappa shape index (κ2) is 7.14. The molecule has 2 heteroatoms. The molecule has 2 aromatic carbocycles. The molecule has 1 aromatic heterocycles. The molecule has 3 rings (SSSR count). The van der Waals surface area contributed by atoms with E-state index in [1.165, 1.54) is 16.7 Å². The SMILES string of the molecule is C/C(=C\c1nccc(Nc2ccccc2)c1C)c1cccc(C)c1. The van der Waals surface area contributed by atoms with E-state index in [9.17, 15) is 0 Å². The molecule has 0 unspecified atom stereocenters. The Labute approximate surface area is 143 Å². The molecule has 0 amide bonds. The molecule has 0 atom stereocenters. The summed E-state index contributed by atoms with van der Waals surface area (Å²) < 4.78 is 0. The lowest BCUT2D eigenvalue weighted by molar-refractivity contribution is 1.23. The summed E-state index contributed by atoms with van der Waals surface area (Å²) in [6.45, 7) is 6.35. The van der Waals surface area contributed by atoms with Gasteiger partial charge in [0.2, 0.25) is 0 Å². The molecular formula is C22H22N2. The summed E-state index contributed by atoms with van der Waals surface area (Å²) in [5.41, 5.74) is 8.02. The second-order valence-electron chi connectivity index (χ2n) is 6.06. The van der Waals surface area contributed by atoms with Crippen LogP contribution in [0.2, 0.25) is 0 Å². The van der Waals surface area contributed by atoms with Gasteiger partial charge in [0.1, 0.15) is 0 Å². The molecule has 0 spiro atoms. The summed E-state index contributed by atoms with van der Waals surface area (Å²) in [6, 6.07) is 20.8. The highest BCUT2D eigenvalue weighted by Gasteiger charge is 2.05. The smallest absolute Gasteiger partial charge is 0.0682 e. The molecule has 0 aliphatic rings. The minimum Gasteiger partial charge on any atom is -0.355 e. The lowest BCUT2D eigenvalue weighted by Crippen LogP contribution is -1.97. The molecule has 0 radical (unpaired) electrons. The number of benzene rings is 2. The normalized spacial score (nSPS) is 11.4. The van der Waals surface area contributed by atoms with Gasteiger partial charge in [-0.25, -0.2) is 0 Å². The molecule has 0 aliphatic heterocycles. The van der Waals surface area contributed by atoms with Gasteiger partial charge in [0.05, 0.1) is 5.69 Å². The molecule has 1 heterocycles. The van der Waals surface area contributed by atoms with Gasteiger partial charge in [0, 0.05) is 17.6 Å². The summed E-state index contributed by atoms with van der Waals surface area (Å²) in [5, 5.41) is 3.47. The van der Waals surface area contributed by atoms with Crippen LogP contribution in [0.5, 0.6) is 0 Å². The van der Waals surface area contributed by atoms with E-state index >= 15 is 0 Å². The fraction of sp³-hybridized carbons (Fsp3) is 0.136. The zero-order valence-electron chi connectivity index (χ0n) is 14.4. The highest BCUT2D eigenvalue weighted by Crippen LogP contribution is 2.25. The maximum atomic E-state index is 4.55. The maximum absolute atomic E-state index is 4.55. The lowest BCUT2D eigenvalue weighted by atomic mass is 10.0. The topological polar surface area (TPSA) is 24.9 Å². The van der Waals surface area contributed by atoms with Gasteiger partial charge >= 0.3 is 0 Å². The van der Waals surface area contributed by atoms with Crippen LogP contribution in [0.4, 0.5) is 11.4 Å². The Balaban J connectivity index is 1.92. The number of hydrogen-bond donors (Lipinski definition) is 1. The molecule has 0 saturated heterocycles. The van der Waals surface area contributed by atoms with E-state index in [0.717, 1.165) is 22.6 Å². The minimum absolute atomic E-state index is 0.995. The van der Waals surface area contributed by atoms with Crippen LogP contribution >= 0.6 is 0 Å². The molecule has 0 fully saturated rings. The van der Waals surface area contributed by atoms with E-state index in [1.54, 1.807) is 0 Å². The van der Waals surface area contributed by atoms with Gasteiger partial charge in [-0.3, -0.25) is 4.98 Å². The standard InChI is InChI=1S/C22H22N2/c1-16-8-7-9-19(14-16)17(2)15-22-18(3)21(12-13-23-22)24-20-10-5-4-6-11-20/h4-15H,1-3H3,(H,23,24)/b17-15+. The molecule has 3 aromatic rings. The Hall–Kier alpha value is -2.87. The number of allylic oxidation sites excluding steroid dienone is 1. The summed E-state index contributed by atoms with van der Waals surface area (Å²) in [7, 11) is 0. The van der Waals surface area contributed by atoms with Gasteiger partial charge in [0.25, 0.3) is 0 Å². The number of anilines is 2. The number of hydrogen-bond acceptors (Lipinski definition) is 2. The van der Waals surface area contributed by atoms with Crippen LogP contribution in [0.25, 0.3) is 11.6 Å². The van der Waals surface area contributed by atoms with Gasteiger partial charge in [0.15, 0.2) is 0 Å². The van der Waals surface area contributed by atoms with Crippen molar-refractivity contribution in [1.29, 1.82) is 0 Å². The van der Waals surface area contributed by atoms with Crippen LogP contribution in [0, 0.1) is 13.8 Å². The number of aryl methyl sites for hydroxylation is 1. The number of para-hydroxylation sites is 1. The van der Waals surface area contributed by atoms with Crippen molar-refractivity contribution in [3.05, 3.63) is 89.2 Å². The van der Waals surface area contributed by atoms with Crippen molar-refractivity contribution in [1.82, 2.24) is 4.98 Å². The Morgan fingerprint density at radius 2 is 1.75 bits per heavy atom. The third-order valence-electron chi connectivity index (χ3n) is 4.12. The van der Waals surface area contributed by atoms with Gasteiger partial charge in [-0.1, -0.05) is 48.0 Å². The molecule has 120 valence electrons. The maximum Gasteiger partial charge on any atom is 0.0682 e. The van der Waals surface area contributed by atoms with E-state index in [-0.39, 0.29) is 0 Å². The first-order valence-corrected chi connectivity index (χ1v) is 8.16. The fourth-order valence-electron chi connectivity index (χ4n) is 2.69. The first-order valence-electron chi connectivity index (χ1n) is 8.16. The van der Waals surface area contributed by atoms with E-state index in [4.69, 9.17) is 0 Å². The van der Waals surface area contributed by atoms with Gasteiger partial charge in [-0.15, -0.1) is 0 Å². The molecule has 0 aliphatic carbocycles. The van der Waals surface area contributed by atoms with Crippen LogP contribution in [0.3, 0.4) is 0 Å². The number of pyridine rings is 1. The lowest BCUT2D eigenvalue weighted by Gasteiger charge is -2.12. The fourth-order valence-corrected chi connectivity index (χ4v) is 2.69. The van der Waals surface area contributed by atoms with Crippen LogP contribution in [-0.4, -0.2) is 4.98 Å². The van der Waals surface area contributed by atoms with E-state index in [2.05, 4.69) is 73.5 Å². The van der Waals surface area contributed by atoms with Crippen molar-refractivity contribution in [2.24, 2.45) is 0 Å². The van der Waals surface area contributed by atoms with E-state index < -0.39 is 0 Å². The first-order chi connectivity index (χ1) is 11.6. The van der Waals surface area contributed by atoms with Gasteiger partial charge < -0.3 is 5.32 Å². The average Bonchev–Trinajstić information content (AvgIpc) is 2.59. The van der Waals surface area contributed by atoms with Gasteiger partial charge in [-0.05, 0) is 61.7 Å². The number of rotatable bonds is 4.